The Kier molecular flexibility index (Phi) is 3.33. The van der Waals surface area contributed by atoms with Gasteiger partial charge in [0.25, 0.3) is 0 Å². The second-order valence-electron chi connectivity index (χ2n) is 4.34. The van der Waals surface area contributed by atoms with Gasteiger partial charge < -0.3 is 9.40 Å². The van der Waals surface area contributed by atoms with Gasteiger partial charge in [-0.25, -0.2) is 5.43 Å². The maximum atomic E-state index is 11.8. The lowest BCUT2D eigenvalue weighted by molar-refractivity contribution is -0.120. The molecule has 100 valence electrons. The van der Waals surface area contributed by atoms with Crippen LogP contribution in [0.3, 0.4) is 0 Å². The molecular formula is C15H13N3O2. The summed E-state index contributed by atoms with van der Waals surface area (Å²) in [6.07, 6.45) is 5.14. The summed E-state index contributed by atoms with van der Waals surface area (Å²) in [5.41, 5.74) is 4.45. The van der Waals surface area contributed by atoms with Crippen LogP contribution in [0.5, 0.6) is 0 Å². The molecule has 0 saturated heterocycles. The van der Waals surface area contributed by atoms with E-state index in [2.05, 4.69) is 15.5 Å². The number of benzene rings is 1. The van der Waals surface area contributed by atoms with E-state index in [-0.39, 0.29) is 12.3 Å². The molecule has 0 aliphatic rings. The van der Waals surface area contributed by atoms with Crippen LogP contribution in [0.15, 0.2) is 58.4 Å². The minimum absolute atomic E-state index is 0.169. The number of carbonyl (C=O) groups excluding carboxylic acids is 1. The van der Waals surface area contributed by atoms with Crippen LogP contribution in [0.4, 0.5) is 0 Å². The zero-order valence-corrected chi connectivity index (χ0v) is 10.7. The molecule has 2 heterocycles. The monoisotopic (exact) mass is 267 g/mol. The highest BCUT2D eigenvalue weighted by Gasteiger charge is 2.07. The molecule has 0 atom stereocenters. The first-order valence-electron chi connectivity index (χ1n) is 6.23. The number of hydrogen-bond acceptors (Lipinski definition) is 3. The third-order valence-corrected chi connectivity index (χ3v) is 2.95. The first-order valence-corrected chi connectivity index (χ1v) is 6.23. The predicted molar refractivity (Wildman–Crippen MR) is 76.4 cm³/mol. The average molecular weight is 267 g/mol. The van der Waals surface area contributed by atoms with Crippen molar-refractivity contribution in [3.63, 3.8) is 0 Å². The highest BCUT2D eigenvalue weighted by atomic mass is 16.3. The van der Waals surface area contributed by atoms with Gasteiger partial charge in [0.1, 0.15) is 5.76 Å². The molecule has 0 radical (unpaired) electrons. The number of furan rings is 1. The lowest BCUT2D eigenvalue weighted by atomic mass is 10.1. The number of hydrazone groups is 1. The minimum Gasteiger partial charge on any atom is -0.463 e. The smallest absolute Gasteiger partial charge is 0.244 e. The summed E-state index contributed by atoms with van der Waals surface area (Å²) in [4.78, 5) is 15.0. The van der Waals surface area contributed by atoms with Crippen LogP contribution in [0.2, 0.25) is 0 Å². The van der Waals surface area contributed by atoms with E-state index in [4.69, 9.17) is 4.42 Å². The van der Waals surface area contributed by atoms with Crippen molar-refractivity contribution in [2.45, 2.75) is 6.42 Å². The summed E-state index contributed by atoms with van der Waals surface area (Å²) in [5.74, 6) is 0.426. The van der Waals surface area contributed by atoms with Crippen molar-refractivity contribution >= 4 is 23.0 Å². The van der Waals surface area contributed by atoms with Crippen molar-refractivity contribution in [3.8, 4) is 0 Å². The Morgan fingerprint density at radius 2 is 2.20 bits per heavy atom. The van der Waals surface area contributed by atoms with E-state index in [0.29, 0.717) is 5.76 Å². The van der Waals surface area contributed by atoms with Gasteiger partial charge in [0.05, 0.1) is 18.9 Å². The predicted octanol–water partition coefficient (Wildman–Crippen LogP) is 2.45. The first-order chi connectivity index (χ1) is 9.83. The Morgan fingerprint density at radius 3 is 3.05 bits per heavy atom. The van der Waals surface area contributed by atoms with Gasteiger partial charge in [-0.15, -0.1) is 0 Å². The minimum atomic E-state index is -0.169. The van der Waals surface area contributed by atoms with Crippen LogP contribution >= 0.6 is 0 Å². The van der Waals surface area contributed by atoms with Gasteiger partial charge in [-0.1, -0.05) is 18.2 Å². The van der Waals surface area contributed by atoms with Crippen molar-refractivity contribution in [1.29, 1.82) is 0 Å². The van der Waals surface area contributed by atoms with Gasteiger partial charge in [0.2, 0.25) is 5.91 Å². The SMILES string of the molecule is O=C(Cc1c[nH]c2ccccc12)N/N=C/c1ccco1. The second-order valence-corrected chi connectivity index (χ2v) is 4.34. The molecule has 3 aromatic rings. The van der Waals surface area contributed by atoms with E-state index in [1.807, 2.05) is 30.5 Å². The van der Waals surface area contributed by atoms with Crippen molar-refractivity contribution in [2.24, 2.45) is 5.10 Å². The summed E-state index contributed by atoms with van der Waals surface area (Å²) >= 11 is 0. The van der Waals surface area contributed by atoms with Crippen LogP contribution < -0.4 is 5.43 Å². The van der Waals surface area contributed by atoms with Crippen LogP contribution in [0, 0.1) is 0 Å². The quantitative estimate of drug-likeness (QED) is 0.563. The number of aromatic amines is 1. The van der Waals surface area contributed by atoms with Gasteiger partial charge in [-0.2, -0.15) is 5.10 Å². The average Bonchev–Trinajstić information content (AvgIpc) is 3.09. The maximum Gasteiger partial charge on any atom is 0.244 e. The number of aromatic nitrogens is 1. The molecule has 20 heavy (non-hydrogen) atoms. The summed E-state index contributed by atoms with van der Waals surface area (Å²) in [6.45, 7) is 0. The fraction of sp³-hybridized carbons (Fsp3) is 0.0667. The molecule has 5 heteroatoms. The van der Waals surface area contributed by atoms with Gasteiger partial charge in [0, 0.05) is 17.1 Å². The third-order valence-electron chi connectivity index (χ3n) is 2.95. The molecule has 0 fully saturated rings. The molecule has 5 nitrogen and oxygen atoms in total. The van der Waals surface area contributed by atoms with E-state index in [0.717, 1.165) is 16.5 Å². The number of fused-ring (bicyclic) bond motifs is 1. The molecule has 2 aromatic heterocycles. The summed E-state index contributed by atoms with van der Waals surface area (Å²) in [7, 11) is 0. The van der Waals surface area contributed by atoms with Crippen molar-refractivity contribution in [1.82, 2.24) is 10.4 Å². The van der Waals surface area contributed by atoms with Crippen molar-refractivity contribution in [3.05, 3.63) is 60.2 Å². The summed E-state index contributed by atoms with van der Waals surface area (Å²) < 4.78 is 5.07. The standard InChI is InChI=1S/C15H13N3O2/c19-15(18-17-10-12-4-3-7-20-12)8-11-9-16-14-6-2-1-5-13(11)14/h1-7,9-10,16H,8H2,(H,18,19)/b17-10+. The zero-order valence-electron chi connectivity index (χ0n) is 10.7. The lowest BCUT2D eigenvalue weighted by Crippen LogP contribution is -2.19. The molecular weight excluding hydrogens is 254 g/mol. The second kappa shape index (κ2) is 5.44. The Bertz CT molecular complexity index is 741. The Morgan fingerprint density at radius 1 is 1.30 bits per heavy atom. The molecule has 1 amide bonds. The van der Waals surface area contributed by atoms with Gasteiger partial charge in [-0.3, -0.25) is 4.79 Å². The maximum absolute atomic E-state index is 11.8. The number of carbonyl (C=O) groups is 1. The number of H-pyrrole nitrogens is 1. The van der Waals surface area contributed by atoms with Crippen molar-refractivity contribution < 1.29 is 9.21 Å². The molecule has 3 rings (SSSR count). The number of rotatable bonds is 4. The molecule has 0 aliphatic carbocycles. The van der Waals surface area contributed by atoms with E-state index in [9.17, 15) is 4.79 Å². The summed E-state index contributed by atoms with van der Waals surface area (Å²) in [5, 5.41) is 4.90. The molecule has 0 bridgehead atoms. The fourth-order valence-electron chi connectivity index (χ4n) is 2.02. The highest BCUT2D eigenvalue weighted by Crippen LogP contribution is 2.17. The molecule has 0 saturated carbocycles. The summed E-state index contributed by atoms with van der Waals surface area (Å²) in [6, 6.07) is 11.4. The van der Waals surface area contributed by atoms with Crippen LogP contribution in [0.25, 0.3) is 10.9 Å². The molecule has 0 spiro atoms. The number of nitrogens with zero attached hydrogens (tertiary/aromatic N) is 1. The third kappa shape index (κ3) is 2.61. The fourth-order valence-corrected chi connectivity index (χ4v) is 2.02. The van der Waals surface area contributed by atoms with E-state index >= 15 is 0 Å². The van der Waals surface area contributed by atoms with Gasteiger partial charge in [-0.05, 0) is 23.8 Å². The number of para-hydroxylation sites is 1. The van der Waals surface area contributed by atoms with Crippen LogP contribution in [-0.2, 0) is 11.2 Å². The molecule has 0 unspecified atom stereocenters. The van der Waals surface area contributed by atoms with E-state index in [1.165, 1.54) is 6.21 Å². The Labute approximate surface area is 115 Å². The zero-order chi connectivity index (χ0) is 13.8. The Hall–Kier alpha value is -2.82. The first kappa shape index (κ1) is 12.2. The molecule has 2 N–H and O–H groups in total. The lowest BCUT2D eigenvalue weighted by Gasteiger charge is -1.98. The van der Waals surface area contributed by atoms with Gasteiger partial charge >= 0.3 is 0 Å². The molecule has 0 aliphatic heterocycles. The number of nitrogens with one attached hydrogen (secondary N) is 2. The topological polar surface area (TPSA) is 70.4 Å². The van der Waals surface area contributed by atoms with E-state index in [1.54, 1.807) is 18.4 Å². The van der Waals surface area contributed by atoms with Gasteiger partial charge in [0.15, 0.2) is 0 Å². The van der Waals surface area contributed by atoms with Crippen molar-refractivity contribution in [2.75, 3.05) is 0 Å². The molecule has 1 aromatic carbocycles. The van der Waals surface area contributed by atoms with E-state index < -0.39 is 0 Å². The Balaban J connectivity index is 1.64. The van der Waals surface area contributed by atoms with Crippen LogP contribution in [-0.4, -0.2) is 17.1 Å². The van der Waals surface area contributed by atoms with Crippen LogP contribution in [0.1, 0.15) is 11.3 Å². The number of hydrogen-bond donors (Lipinski definition) is 2. The highest BCUT2D eigenvalue weighted by molar-refractivity contribution is 5.89. The normalized spacial score (nSPS) is 11.2. The number of amides is 1. The largest absolute Gasteiger partial charge is 0.463 e.